The molecule has 0 aliphatic carbocycles. The van der Waals surface area contributed by atoms with Crippen molar-refractivity contribution < 1.29 is 40.4 Å². The van der Waals surface area contributed by atoms with E-state index in [1.54, 1.807) is 29.5 Å². The van der Waals surface area contributed by atoms with E-state index in [0.29, 0.717) is 19.5 Å². The maximum Gasteiger partial charge on any atom is 0.303 e. The molecule has 0 spiro atoms. The minimum Gasteiger partial charge on any atom is -0.481 e. The van der Waals surface area contributed by atoms with Crippen LogP contribution in [0.25, 0.3) is 0 Å². The van der Waals surface area contributed by atoms with Gasteiger partial charge < -0.3 is 10.0 Å². The normalized spacial score (nSPS) is 17.6. The summed E-state index contributed by atoms with van der Waals surface area (Å²) in [7, 11) is -8.77. The summed E-state index contributed by atoms with van der Waals surface area (Å²) in [5.41, 5.74) is 4.14. The van der Waals surface area contributed by atoms with Gasteiger partial charge in [-0.15, -0.1) is 11.3 Å². The molecule has 2 aliphatic heterocycles. The fourth-order valence-electron chi connectivity index (χ4n) is 7.05. The number of rotatable bonds is 15. The average molecular weight is 754 g/mol. The van der Waals surface area contributed by atoms with Gasteiger partial charge in [-0.3, -0.25) is 13.9 Å². The summed E-state index contributed by atoms with van der Waals surface area (Å²) in [5, 5.41) is 11.0. The first-order chi connectivity index (χ1) is 23.9. The summed E-state index contributed by atoms with van der Waals surface area (Å²) in [5.74, 6) is -0.803. The minimum atomic E-state index is -4.39. The van der Waals surface area contributed by atoms with Crippen LogP contribution >= 0.6 is 11.3 Å². The number of hydrogen-bond donors (Lipinski definition) is 3. The number of allylic oxidation sites excluding steroid dienone is 6. The number of unbranched alkanes of at least 4 members (excludes halogenated alkanes) is 3. The molecule has 272 valence electrons. The third kappa shape index (κ3) is 8.44. The molecule has 0 atom stereocenters. The zero-order valence-electron chi connectivity index (χ0n) is 29.2. The Balaban J connectivity index is 1.44. The molecule has 0 unspecified atom stereocenters. The smallest absolute Gasteiger partial charge is 0.303 e. The van der Waals surface area contributed by atoms with Gasteiger partial charge in [0.25, 0.3) is 20.2 Å². The SMILES string of the molecule is CC1(C)C(=CC=CC=CC2=[N+](CCCCCCC(=O)O)c3ccc(S(=O)(=O)O)cc3C2(C)C)N(CCc2cccs2)c2ccc(S(=O)(=O)O)cc21. The summed E-state index contributed by atoms with van der Waals surface area (Å²) in [6.07, 6.45) is 13.8. The van der Waals surface area contributed by atoms with E-state index in [1.807, 2.05) is 69.5 Å². The fourth-order valence-corrected chi connectivity index (χ4v) is 8.76. The lowest BCUT2D eigenvalue weighted by Crippen LogP contribution is -2.28. The number of carbonyl (C=O) groups is 1. The Kier molecular flexibility index (Phi) is 11.3. The van der Waals surface area contributed by atoms with Crippen molar-refractivity contribution >= 4 is 54.6 Å². The summed E-state index contributed by atoms with van der Waals surface area (Å²) in [6.45, 7) is 9.44. The van der Waals surface area contributed by atoms with Crippen molar-refractivity contribution in [1.82, 2.24) is 0 Å². The molecule has 0 amide bonds. The van der Waals surface area contributed by atoms with Crippen LogP contribution in [0.1, 0.15) is 75.8 Å². The maximum absolute atomic E-state index is 12.0. The molecule has 1 aromatic heterocycles. The Morgan fingerprint density at radius 3 is 2.16 bits per heavy atom. The number of thiophene rings is 1. The Bertz CT molecular complexity index is 2140. The molecule has 0 saturated carbocycles. The summed E-state index contributed by atoms with van der Waals surface area (Å²) >= 11 is 1.69. The Morgan fingerprint density at radius 2 is 1.51 bits per heavy atom. The lowest BCUT2D eigenvalue weighted by atomic mass is 9.81. The molecule has 3 N–H and O–H groups in total. The quantitative estimate of drug-likeness (QED) is 0.0614. The van der Waals surface area contributed by atoms with E-state index in [0.717, 1.165) is 59.6 Å². The van der Waals surface area contributed by atoms with Crippen molar-refractivity contribution in [3.05, 3.63) is 106 Å². The van der Waals surface area contributed by atoms with E-state index in [2.05, 4.69) is 15.5 Å². The number of anilines is 1. The first-order valence-corrected chi connectivity index (χ1v) is 20.6. The number of fused-ring (bicyclic) bond motifs is 2. The van der Waals surface area contributed by atoms with Gasteiger partial charge in [0.1, 0.15) is 6.54 Å². The van der Waals surface area contributed by atoms with E-state index in [4.69, 9.17) is 5.11 Å². The van der Waals surface area contributed by atoms with Crippen LogP contribution in [-0.2, 0) is 42.3 Å². The highest BCUT2D eigenvalue weighted by Crippen LogP contribution is 2.48. The van der Waals surface area contributed by atoms with Crippen LogP contribution in [0, 0.1) is 0 Å². The molecular formula is C38H45N2O8S3+. The number of carboxylic acids is 1. The predicted molar refractivity (Wildman–Crippen MR) is 201 cm³/mol. The molecule has 2 aliphatic rings. The number of carboxylic acid groups (broad SMARTS) is 1. The molecule has 2 aromatic carbocycles. The number of nitrogens with zero attached hydrogens (tertiary/aromatic N) is 2. The number of hydrogen-bond acceptors (Lipinski definition) is 7. The zero-order valence-corrected chi connectivity index (χ0v) is 31.7. The molecule has 3 aromatic rings. The van der Waals surface area contributed by atoms with E-state index in [9.17, 15) is 30.7 Å². The average Bonchev–Trinajstić information content (AvgIpc) is 3.70. The van der Waals surface area contributed by atoms with Crippen molar-refractivity contribution in [2.75, 3.05) is 18.0 Å². The first kappa shape index (κ1) is 38.4. The lowest BCUT2D eigenvalue weighted by Gasteiger charge is -2.27. The van der Waals surface area contributed by atoms with Crippen molar-refractivity contribution in [2.24, 2.45) is 0 Å². The molecule has 0 fully saturated rings. The van der Waals surface area contributed by atoms with Crippen molar-refractivity contribution in [3.63, 3.8) is 0 Å². The molecule has 51 heavy (non-hydrogen) atoms. The third-order valence-corrected chi connectivity index (χ3v) is 12.4. The second kappa shape index (κ2) is 15.0. The van der Waals surface area contributed by atoms with Crippen molar-refractivity contribution in [2.45, 2.75) is 86.8 Å². The molecule has 3 heterocycles. The Hall–Kier alpha value is -3.88. The molecular weight excluding hydrogens is 709 g/mol. The van der Waals surface area contributed by atoms with Crippen molar-refractivity contribution in [3.8, 4) is 0 Å². The van der Waals surface area contributed by atoms with Crippen LogP contribution in [0.2, 0.25) is 0 Å². The van der Waals surface area contributed by atoms with Gasteiger partial charge in [0.15, 0.2) is 5.71 Å². The molecule has 0 radical (unpaired) electrons. The first-order valence-electron chi connectivity index (χ1n) is 16.9. The topological polar surface area (TPSA) is 152 Å². The third-order valence-electron chi connectivity index (χ3n) is 9.74. The molecule has 10 nitrogen and oxygen atoms in total. The van der Waals surface area contributed by atoms with Gasteiger partial charge in [-0.05, 0) is 86.5 Å². The van der Waals surface area contributed by atoms with Crippen LogP contribution < -0.4 is 4.90 Å². The molecule has 13 heteroatoms. The maximum atomic E-state index is 12.0. The van der Waals surface area contributed by atoms with Gasteiger partial charge in [-0.2, -0.15) is 21.4 Å². The highest BCUT2D eigenvalue weighted by molar-refractivity contribution is 7.86. The second-order valence-electron chi connectivity index (χ2n) is 13.9. The van der Waals surface area contributed by atoms with Crippen LogP contribution in [0.3, 0.4) is 0 Å². The standard InChI is InChI=1S/C38H44N2O8S3/c1-37(2)30-25-28(50(43,44)45)17-19-32(30)39(22-11-6-5-10-16-36(41)42)34(37)14-8-7-9-15-35-38(3,4)31-26-29(51(46,47)48)18-20-33(31)40(35)23-21-27-13-12-24-49-27/h7-9,12-15,17-20,24-26H,5-6,10-11,16,21-23H2,1-4H3,(H2-,41,42,43,44,45,46,47,48)/p+1. The second-order valence-corrected chi connectivity index (χ2v) is 17.8. The van der Waals surface area contributed by atoms with Gasteiger partial charge in [0.2, 0.25) is 5.69 Å². The van der Waals surface area contributed by atoms with E-state index in [-0.39, 0.29) is 16.2 Å². The monoisotopic (exact) mass is 753 g/mol. The van der Waals surface area contributed by atoms with Crippen LogP contribution in [0.15, 0.2) is 99.8 Å². The summed E-state index contributed by atoms with van der Waals surface area (Å²) < 4.78 is 69.7. The summed E-state index contributed by atoms with van der Waals surface area (Å²) in [6, 6.07) is 13.5. The van der Waals surface area contributed by atoms with Gasteiger partial charge in [-0.25, -0.2) is 0 Å². The van der Waals surface area contributed by atoms with Crippen LogP contribution in [0.4, 0.5) is 11.4 Å². The summed E-state index contributed by atoms with van der Waals surface area (Å²) in [4.78, 5) is 14.0. The number of benzene rings is 2. The Labute approximate surface area is 304 Å². The molecule has 0 saturated heterocycles. The number of aliphatic carboxylic acids is 1. The lowest BCUT2D eigenvalue weighted by molar-refractivity contribution is -0.438. The van der Waals surface area contributed by atoms with Gasteiger partial charge in [-0.1, -0.05) is 44.6 Å². The van der Waals surface area contributed by atoms with Crippen LogP contribution in [0.5, 0.6) is 0 Å². The zero-order chi connectivity index (χ0) is 37.2. The fraction of sp³-hybridized carbons (Fsp3) is 0.368. The highest BCUT2D eigenvalue weighted by Gasteiger charge is 2.45. The molecule has 0 bridgehead atoms. The Morgan fingerprint density at radius 1 is 0.843 bits per heavy atom. The van der Waals surface area contributed by atoms with E-state index in [1.165, 1.54) is 23.1 Å². The molecule has 5 rings (SSSR count). The highest BCUT2D eigenvalue weighted by atomic mass is 32.2. The van der Waals surface area contributed by atoms with E-state index < -0.39 is 37.0 Å². The minimum absolute atomic E-state index is 0.141. The largest absolute Gasteiger partial charge is 0.481 e. The van der Waals surface area contributed by atoms with Gasteiger partial charge in [0.05, 0.1) is 15.2 Å². The van der Waals surface area contributed by atoms with Crippen molar-refractivity contribution in [1.29, 1.82) is 0 Å². The van der Waals surface area contributed by atoms with E-state index >= 15 is 0 Å². The van der Waals surface area contributed by atoms with Crippen LogP contribution in [-0.4, -0.2) is 60.4 Å². The predicted octanol–water partition coefficient (Wildman–Crippen LogP) is 7.69. The van der Waals surface area contributed by atoms with Gasteiger partial charge >= 0.3 is 5.97 Å². The van der Waals surface area contributed by atoms with Gasteiger partial charge in [0, 0.05) is 58.8 Å².